The van der Waals surface area contributed by atoms with Crippen LogP contribution in [-0.2, 0) is 47.7 Å². The van der Waals surface area contributed by atoms with Gasteiger partial charge in [-0.2, -0.15) is 0 Å². The maximum absolute atomic E-state index is 13.2. The van der Waals surface area contributed by atoms with Crippen LogP contribution in [0, 0.1) is 0 Å². The molecule has 10 nitrogen and oxygen atoms in total. The molecule has 1 saturated heterocycles. The molecule has 0 aromatic heterocycles. The fourth-order valence-electron chi connectivity index (χ4n) is 2.88. The molecule has 0 bridgehead atoms. The average Bonchev–Trinajstić information content (AvgIpc) is 2.77. The normalized spacial score (nSPS) is 23.8. The Morgan fingerprint density at radius 3 is 1.17 bits per heavy atom. The zero-order chi connectivity index (χ0) is 33.2. The van der Waals surface area contributed by atoms with Gasteiger partial charge >= 0.3 is 29.8 Å². The van der Waals surface area contributed by atoms with Gasteiger partial charge in [0.05, 0.1) is 5.25 Å². The van der Waals surface area contributed by atoms with Crippen LogP contribution < -0.4 is 0 Å². The first-order valence-corrected chi connectivity index (χ1v) is 17.6. The topological polar surface area (TPSA) is 132 Å². The maximum Gasteiger partial charge on any atom is 0.323 e. The second kappa shape index (κ2) is 14.7. The Bertz CT molecular complexity index is 1030. The molecule has 1 heterocycles. The molecule has 242 valence electrons. The Morgan fingerprint density at radius 2 is 0.810 bits per heavy atom. The van der Waals surface area contributed by atoms with E-state index < -0.39 is 80.5 Å². The van der Waals surface area contributed by atoms with E-state index in [0.29, 0.717) is 0 Å². The molecule has 0 aliphatic carbocycles. The van der Waals surface area contributed by atoms with E-state index in [1.165, 1.54) is 0 Å². The van der Waals surface area contributed by atoms with E-state index in [-0.39, 0.29) is 6.61 Å². The first kappa shape index (κ1) is 40.1. The molecule has 5 atom stereocenters. The third kappa shape index (κ3) is 12.1. The van der Waals surface area contributed by atoms with Gasteiger partial charge in [0.2, 0.25) is 0 Å². The molecule has 16 heteroatoms. The van der Waals surface area contributed by atoms with Gasteiger partial charge in [0, 0.05) is 0 Å². The number of carbonyl (C=O) groups excluding carboxylic acids is 5. The molecular weight excluding hydrogens is 904 g/mol. The van der Waals surface area contributed by atoms with Gasteiger partial charge in [-0.1, -0.05) is 79.6 Å². The Labute approximate surface area is 293 Å². The number of halogens is 5. The molecule has 5 unspecified atom stereocenters. The molecule has 1 rings (SSSR count). The van der Waals surface area contributed by atoms with Crippen LogP contribution in [-0.4, -0.2) is 87.1 Å². The van der Waals surface area contributed by atoms with E-state index in [2.05, 4.69) is 79.6 Å². The third-order valence-electron chi connectivity index (χ3n) is 5.35. The molecule has 0 N–H and O–H groups in total. The number of rotatable bonds is 11. The van der Waals surface area contributed by atoms with Gasteiger partial charge in [0.1, 0.15) is 28.2 Å². The van der Waals surface area contributed by atoms with Crippen molar-refractivity contribution in [3.05, 3.63) is 0 Å². The predicted molar refractivity (Wildman–Crippen MR) is 177 cm³/mol. The zero-order valence-corrected chi connectivity index (χ0v) is 33.7. The highest BCUT2D eigenvalue weighted by Gasteiger charge is 2.56. The number of hydrogen-bond acceptors (Lipinski definition) is 11. The molecule has 0 amide bonds. The van der Waals surface area contributed by atoms with E-state index >= 15 is 0 Å². The van der Waals surface area contributed by atoms with Crippen molar-refractivity contribution < 1.29 is 47.7 Å². The van der Waals surface area contributed by atoms with Crippen LogP contribution in [0.15, 0.2) is 0 Å². The maximum atomic E-state index is 13.2. The predicted octanol–water partition coefficient (Wildman–Crippen LogP) is 6.12. The largest absolute Gasteiger partial charge is 0.463 e. The summed E-state index contributed by atoms with van der Waals surface area (Å²) in [6, 6.07) is 0. The van der Waals surface area contributed by atoms with Crippen LogP contribution >= 0.6 is 91.4 Å². The average molecular weight is 941 g/mol. The van der Waals surface area contributed by atoms with Crippen molar-refractivity contribution in [3.8, 4) is 0 Å². The minimum Gasteiger partial charge on any atom is -0.463 e. The fourth-order valence-corrected chi connectivity index (χ4v) is 4.73. The van der Waals surface area contributed by atoms with E-state index in [1.54, 1.807) is 69.2 Å². The minimum absolute atomic E-state index is 0.332. The summed E-state index contributed by atoms with van der Waals surface area (Å²) < 4.78 is 23.2. The van der Waals surface area contributed by atoms with Gasteiger partial charge in [-0.15, -0.1) is 11.8 Å². The minimum atomic E-state index is -1.48. The van der Waals surface area contributed by atoms with Crippen LogP contribution in [0.4, 0.5) is 0 Å². The summed E-state index contributed by atoms with van der Waals surface area (Å²) in [4.78, 5) is 65.1. The number of alkyl halides is 5. The van der Waals surface area contributed by atoms with Gasteiger partial charge in [0.25, 0.3) is 0 Å². The van der Waals surface area contributed by atoms with Crippen LogP contribution in [0.5, 0.6) is 0 Å². The molecule has 0 saturated carbocycles. The van der Waals surface area contributed by atoms with Gasteiger partial charge in [-0.3, -0.25) is 24.0 Å². The van der Waals surface area contributed by atoms with Crippen LogP contribution in [0.3, 0.4) is 0 Å². The number of thioether (sulfide) groups is 1. The van der Waals surface area contributed by atoms with Crippen molar-refractivity contribution in [1.29, 1.82) is 0 Å². The molecule has 0 aromatic rings. The van der Waals surface area contributed by atoms with E-state index in [4.69, 9.17) is 23.7 Å². The van der Waals surface area contributed by atoms with E-state index in [9.17, 15) is 24.0 Å². The van der Waals surface area contributed by atoms with Crippen molar-refractivity contribution in [2.24, 2.45) is 0 Å². The quantitative estimate of drug-likeness (QED) is 0.135. The monoisotopic (exact) mass is 936 g/mol. The molecule has 1 aliphatic rings. The highest BCUT2D eigenvalue weighted by molar-refractivity contribution is 9.11. The van der Waals surface area contributed by atoms with Crippen molar-refractivity contribution in [2.75, 3.05) is 6.61 Å². The van der Waals surface area contributed by atoms with Gasteiger partial charge in [-0.05, 0) is 69.2 Å². The summed E-state index contributed by atoms with van der Waals surface area (Å²) in [6.45, 7) is 15.3. The van der Waals surface area contributed by atoms with Crippen LogP contribution in [0.25, 0.3) is 0 Å². The van der Waals surface area contributed by atoms with Crippen molar-refractivity contribution in [2.45, 2.75) is 120 Å². The van der Waals surface area contributed by atoms with Gasteiger partial charge in [-0.25, -0.2) is 0 Å². The molecule has 0 spiro atoms. The van der Waals surface area contributed by atoms with E-state index in [0.717, 1.165) is 11.8 Å². The molecule has 1 fully saturated rings. The highest BCUT2D eigenvalue weighted by Crippen LogP contribution is 2.42. The zero-order valence-electron chi connectivity index (χ0n) is 25.0. The number of ether oxygens (including phenoxy) is 5. The number of carbonyl (C=O) groups is 5. The summed E-state index contributed by atoms with van der Waals surface area (Å²) in [5.74, 6) is -3.59. The standard InChI is InChI=1S/C26H37Br5O10S/c1-22(2,27)17(32)37-11-12-13(38-18(33)23(3,4)28)14(39-19(34)24(5,6)29)15(40-20(35)25(7,8)30)16(42-12)41-21(36)26(9,10)31/h12-16H,11H2,1-10H3. The molecule has 0 aromatic carbocycles. The molecule has 1 aliphatic heterocycles. The first-order chi connectivity index (χ1) is 18.6. The smallest absolute Gasteiger partial charge is 0.323 e. The number of hydrogen-bond donors (Lipinski definition) is 0. The summed E-state index contributed by atoms with van der Waals surface area (Å²) >= 11 is 17.3. The second-order valence-electron chi connectivity index (χ2n) is 12.0. The Morgan fingerprint density at radius 1 is 0.500 bits per heavy atom. The SMILES string of the molecule is CC(C)(Br)C(=O)OCC1SC(OC(=O)C(C)(C)Br)C(OC(=O)C(C)(C)Br)C(OC(=O)C(C)(C)Br)C1OC(=O)C(C)(C)Br. The number of esters is 5. The summed E-state index contributed by atoms with van der Waals surface area (Å²) in [5, 5.41) is -0.929. The lowest BCUT2D eigenvalue weighted by atomic mass is 10.0. The lowest BCUT2D eigenvalue weighted by Gasteiger charge is -2.45. The summed E-state index contributed by atoms with van der Waals surface area (Å²) in [5.41, 5.74) is -1.27. The van der Waals surface area contributed by atoms with Crippen molar-refractivity contribution in [3.63, 3.8) is 0 Å². The lowest BCUT2D eigenvalue weighted by Crippen LogP contribution is -2.61. The fraction of sp³-hybridized carbons (Fsp3) is 0.808. The second-order valence-corrected chi connectivity index (χ2v) is 23.3. The van der Waals surface area contributed by atoms with Crippen molar-refractivity contribution >= 4 is 121 Å². The van der Waals surface area contributed by atoms with Crippen LogP contribution in [0.1, 0.15) is 69.2 Å². The third-order valence-corrected chi connectivity index (χ3v) is 8.35. The molecular formula is C26H37Br5O10S. The van der Waals surface area contributed by atoms with Gasteiger partial charge in [0.15, 0.2) is 23.7 Å². The highest BCUT2D eigenvalue weighted by atomic mass is 79.9. The van der Waals surface area contributed by atoms with E-state index in [1.807, 2.05) is 0 Å². The molecule has 0 radical (unpaired) electrons. The Kier molecular flexibility index (Phi) is 14.0. The Balaban J connectivity index is 3.82. The molecule has 42 heavy (non-hydrogen) atoms. The van der Waals surface area contributed by atoms with Crippen LogP contribution in [0.2, 0.25) is 0 Å². The summed E-state index contributed by atoms with van der Waals surface area (Å²) in [6.07, 6.45) is -4.23. The van der Waals surface area contributed by atoms with Gasteiger partial charge < -0.3 is 23.7 Å². The lowest BCUT2D eigenvalue weighted by molar-refractivity contribution is -0.200. The van der Waals surface area contributed by atoms with Crippen molar-refractivity contribution in [1.82, 2.24) is 0 Å². The summed E-state index contributed by atoms with van der Waals surface area (Å²) in [7, 11) is 0. The Hall–Kier alpha value is 0.1000. The first-order valence-electron chi connectivity index (χ1n) is 12.7.